The number of carbonyl (C=O) groups is 1. The molecule has 1 N–H and O–H groups in total. The SMILES string of the molecule is Cc1cc(Nc2ncnc3ccc(N4CCC[C@@H](C(=O)OC(C)(C)C)C4)cc23)ccc1Oc1cc2nncn2cn1. The molecule has 11 heteroatoms. The number of carbonyl (C=O) groups excluding carboxylic acids is 1. The minimum atomic E-state index is -0.494. The first-order valence-electron chi connectivity index (χ1n) is 13.7. The number of hydrogen-bond acceptors (Lipinski definition) is 10. The van der Waals surface area contributed by atoms with Crippen LogP contribution in [0.4, 0.5) is 17.2 Å². The van der Waals surface area contributed by atoms with Gasteiger partial charge in [0.2, 0.25) is 5.88 Å². The van der Waals surface area contributed by atoms with Crippen molar-refractivity contribution in [2.75, 3.05) is 23.3 Å². The van der Waals surface area contributed by atoms with Gasteiger partial charge in [-0.25, -0.2) is 15.0 Å². The largest absolute Gasteiger partial charge is 0.460 e. The quantitative estimate of drug-likeness (QED) is 0.272. The topological polar surface area (TPSA) is 120 Å². The first-order chi connectivity index (χ1) is 19.7. The van der Waals surface area contributed by atoms with Crippen molar-refractivity contribution < 1.29 is 14.3 Å². The number of benzene rings is 2. The molecular weight excluding hydrogens is 520 g/mol. The highest BCUT2D eigenvalue weighted by Gasteiger charge is 2.30. The van der Waals surface area contributed by atoms with E-state index in [9.17, 15) is 4.79 Å². The third kappa shape index (κ3) is 5.88. The van der Waals surface area contributed by atoms with E-state index in [1.807, 2.05) is 52.0 Å². The molecule has 0 bridgehead atoms. The molecule has 2 aromatic carbocycles. The monoisotopic (exact) mass is 552 g/mol. The van der Waals surface area contributed by atoms with Gasteiger partial charge in [-0.2, -0.15) is 0 Å². The third-order valence-corrected chi connectivity index (χ3v) is 6.96. The van der Waals surface area contributed by atoms with Crippen LogP contribution in [0.3, 0.4) is 0 Å². The Balaban J connectivity index is 1.20. The van der Waals surface area contributed by atoms with Crippen LogP contribution in [-0.4, -0.2) is 54.2 Å². The summed E-state index contributed by atoms with van der Waals surface area (Å²) < 4.78 is 13.4. The van der Waals surface area contributed by atoms with Crippen molar-refractivity contribution in [3.05, 3.63) is 67.0 Å². The lowest BCUT2D eigenvalue weighted by molar-refractivity contribution is -0.160. The lowest BCUT2D eigenvalue weighted by atomic mass is 9.97. The molecule has 1 atom stereocenters. The molecule has 0 amide bonds. The van der Waals surface area contributed by atoms with Crippen molar-refractivity contribution in [2.24, 2.45) is 5.92 Å². The van der Waals surface area contributed by atoms with Crippen LogP contribution in [0, 0.1) is 12.8 Å². The Hall–Kier alpha value is -4.80. The zero-order valence-corrected chi connectivity index (χ0v) is 23.5. The van der Waals surface area contributed by atoms with Gasteiger partial charge >= 0.3 is 5.97 Å². The van der Waals surface area contributed by atoms with Gasteiger partial charge < -0.3 is 19.7 Å². The van der Waals surface area contributed by atoms with Crippen LogP contribution in [0.2, 0.25) is 0 Å². The molecule has 11 nitrogen and oxygen atoms in total. The van der Waals surface area contributed by atoms with Crippen LogP contribution < -0.4 is 15.0 Å². The van der Waals surface area contributed by atoms with Crippen molar-refractivity contribution in [1.82, 2.24) is 29.5 Å². The van der Waals surface area contributed by atoms with Crippen LogP contribution in [0.25, 0.3) is 16.6 Å². The van der Waals surface area contributed by atoms with Crippen LogP contribution in [-0.2, 0) is 9.53 Å². The van der Waals surface area contributed by atoms with Crippen molar-refractivity contribution in [3.8, 4) is 11.6 Å². The summed E-state index contributed by atoms with van der Waals surface area (Å²) in [6.07, 6.45) is 6.52. The number of esters is 1. The van der Waals surface area contributed by atoms with Crippen molar-refractivity contribution >= 4 is 39.7 Å². The standard InChI is InChI=1S/C30H32N8O3/c1-19-12-21(7-10-25(19)40-27-14-26-36-34-18-38(26)17-33-27)35-28-23-13-22(8-9-24(23)31-16-32-28)37-11-5-6-20(15-37)29(39)41-30(2,3)4/h7-10,12-14,16-18,20H,5-6,11,15H2,1-4H3,(H,31,32,35)/t20-/m1/s1. The van der Waals surface area contributed by atoms with Gasteiger partial charge in [0.05, 0.1) is 11.4 Å². The zero-order valence-electron chi connectivity index (χ0n) is 23.5. The van der Waals surface area contributed by atoms with E-state index in [2.05, 4.69) is 47.5 Å². The molecule has 0 radical (unpaired) electrons. The highest BCUT2D eigenvalue weighted by molar-refractivity contribution is 5.93. The van der Waals surface area contributed by atoms with E-state index in [1.165, 1.54) is 0 Å². The molecule has 1 aliphatic heterocycles. The molecule has 3 aromatic heterocycles. The first kappa shape index (κ1) is 26.4. The molecule has 4 heterocycles. The normalized spacial score (nSPS) is 15.7. The van der Waals surface area contributed by atoms with E-state index in [4.69, 9.17) is 9.47 Å². The summed E-state index contributed by atoms with van der Waals surface area (Å²) in [5.74, 6) is 1.54. The first-order valence-corrected chi connectivity index (χ1v) is 13.7. The highest BCUT2D eigenvalue weighted by atomic mass is 16.6. The molecule has 0 unspecified atom stereocenters. The summed E-state index contributed by atoms with van der Waals surface area (Å²) in [4.78, 5) is 28.3. The van der Waals surface area contributed by atoms with Crippen molar-refractivity contribution in [1.29, 1.82) is 0 Å². The predicted octanol–water partition coefficient (Wildman–Crippen LogP) is 5.47. The maximum Gasteiger partial charge on any atom is 0.311 e. The minimum absolute atomic E-state index is 0.133. The van der Waals surface area contributed by atoms with E-state index in [1.54, 1.807) is 29.4 Å². The van der Waals surface area contributed by atoms with E-state index in [0.717, 1.165) is 47.2 Å². The van der Waals surface area contributed by atoms with Gasteiger partial charge in [0.15, 0.2) is 5.65 Å². The van der Waals surface area contributed by atoms with Crippen LogP contribution in [0.15, 0.2) is 61.4 Å². The number of aromatic nitrogens is 6. The molecule has 41 heavy (non-hydrogen) atoms. The second-order valence-corrected chi connectivity index (χ2v) is 11.3. The van der Waals surface area contributed by atoms with Crippen LogP contribution in [0.1, 0.15) is 39.2 Å². The summed E-state index contributed by atoms with van der Waals surface area (Å²) in [7, 11) is 0. The van der Waals surface area contributed by atoms with Gasteiger partial charge in [0.1, 0.15) is 36.2 Å². The Morgan fingerprint density at radius 3 is 2.76 bits per heavy atom. The molecule has 0 aliphatic carbocycles. The lowest BCUT2D eigenvalue weighted by Crippen LogP contribution is -2.41. The third-order valence-electron chi connectivity index (χ3n) is 6.96. The molecule has 210 valence electrons. The van der Waals surface area contributed by atoms with Crippen molar-refractivity contribution in [3.63, 3.8) is 0 Å². The van der Waals surface area contributed by atoms with E-state index in [0.29, 0.717) is 29.6 Å². The van der Waals surface area contributed by atoms with Gasteiger partial charge in [0.25, 0.3) is 0 Å². The fourth-order valence-corrected chi connectivity index (χ4v) is 4.99. The smallest absolute Gasteiger partial charge is 0.311 e. The summed E-state index contributed by atoms with van der Waals surface area (Å²) in [5.41, 5.74) is 3.82. The molecular formula is C30H32N8O3. The number of nitrogens with one attached hydrogen (secondary N) is 1. The average molecular weight is 553 g/mol. The van der Waals surface area contributed by atoms with E-state index < -0.39 is 5.60 Å². The fourth-order valence-electron chi connectivity index (χ4n) is 4.99. The van der Waals surface area contributed by atoms with Gasteiger partial charge in [-0.05, 0) is 82.5 Å². The molecule has 1 fully saturated rings. The summed E-state index contributed by atoms with van der Waals surface area (Å²) in [5, 5.41) is 12.2. The van der Waals surface area contributed by atoms with Gasteiger partial charge in [-0.3, -0.25) is 9.20 Å². The van der Waals surface area contributed by atoms with Gasteiger partial charge in [-0.1, -0.05) is 0 Å². The Morgan fingerprint density at radius 1 is 1.05 bits per heavy atom. The summed E-state index contributed by atoms with van der Waals surface area (Å²) in [6, 6.07) is 13.7. The predicted molar refractivity (Wildman–Crippen MR) is 156 cm³/mol. The Morgan fingerprint density at radius 2 is 1.93 bits per heavy atom. The second kappa shape index (κ2) is 10.6. The van der Waals surface area contributed by atoms with Gasteiger partial charge in [0, 0.05) is 35.9 Å². The van der Waals surface area contributed by atoms with E-state index >= 15 is 0 Å². The minimum Gasteiger partial charge on any atom is -0.460 e. The maximum absolute atomic E-state index is 12.8. The summed E-state index contributed by atoms with van der Waals surface area (Å²) in [6.45, 7) is 9.19. The van der Waals surface area contributed by atoms with Crippen molar-refractivity contribution in [2.45, 2.75) is 46.1 Å². The number of rotatable bonds is 6. The Kier molecular flexibility index (Phi) is 6.86. The molecule has 1 aliphatic rings. The number of fused-ring (bicyclic) bond motifs is 2. The average Bonchev–Trinajstić information content (AvgIpc) is 3.42. The van der Waals surface area contributed by atoms with Crippen LogP contribution in [0.5, 0.6) is 11.6 Å². The number of nitrogens with zero attached hydrogens (tertiary/aromatic N) is 7. The number of anilines is 3. The number of piperidine rings is 1. The maximum atomic E-state index is 12.8. The number of aryl methyl sites for hydroxylation is 1. The number of hydrogen-bond donors (Lipinski definition) is 1. The summed E-state index contributed by atoms with van der Waals surface area (Å²) >= 11 is 0. The van der Waals surface area contributed by atoms with Crippen LogP contribution >= 0.6 is 0 Å². The molecule has 5 aromatic rings. The molecule has 1 saturated heterocycles. The Labute approximate surface area is 237 Å². The second-order valence-electron chi connectivity index (χ2n) is 11.3. The van der Waals surface area contributed by atoms with E-state index in [-0.39, 0.29) is 11.9 Å². The fraction of sp³-hybridized carbons (Fsp3) is 0.333. The van der Waals surface area contributed by atoms with Gasteiger partial charge in [-0.15, -0.1) is 10.2 Å². The molecule has 6 rings (SSSR count). The highest BCUT2D eigenvalue weighted by Crippen LogP contribution is 2.32. The molecule has 0 spiro atoms. The molecule has 0 saturated carbocycles. The number of ether oxygens (including phenoxy) is 2. The zero-order chi connectivity index (χ0) is 28.6. The Bertz CT molecular complexity index is 1730. The lowest BCUT2D eigenvalue weighted by Gasteiger charge is -2.34.